The third-order valence-electron chi connectivity index (χ3n) is 3.79. The summed E-state index contributed by atoms with van der Waals surface area (Å²) in [5, 5.41) is 0. The fourth-order valence-corrected chi connectivity index (χ4v) is 2.50. The zero-order chi connectivity index (χ0) is 16.6. The van der Waals surface area contributed by atoms with Crippen molar-refractivity contribution in [2.45, 2.75) is 0 Å². The highest BCUT2D eigenvalue weighted by Gasteiger charge is 2.10. The summed E-state index contributed by atoms with van der Waals surface area (Å²) in [6, 6.07) is 16.0. The highest BCUT2D eigenvalue weighted by atomic mass is 16.5. The van der Waals surface area contributed by atoms with Crippen LogP contribution in [-0.4, -0.2) is 39.1 Å². The quantitative estimate of drug-likeness (QED) is 0.626. The Hall–Kier alpha value is -2.77. The molecule has 0 aromatic heterocycles. The summed E-state index contributed by atoms with van der Waals surface area (Å²) < 4.78 is 10.7. The summed E-state index contributed by atoms with van der Waals surface area (Å²) in [5.41, 5.74) is 3.16. The molecule has 0 spiro atoms. The first-order valence-electron chi connectivity index (χ1n) is 7.98. The molecule has 3 rings (SSSR count). The van der Waals surface area contributed by atoms with Crippen LogP contribution in [0.2, 0.25) is 0 Å². The number of morpholine rings is 1. The standard InChI is InChI=1S/C20H20N2O2/c1-2-13-24-20-9-3-17(4-10-20)16-21-18-5-7-19(8-6-18)22-11-14-23-15-12-22/h1,3-10,16H,11-15H2. The molecule has 0 N–H and O–H groups in total. The van der Waals surface area contributed by atoms with Gasteiger partial charge in [0.05, 0.1) is 18.9 Å². The second-order valence-electron chi connectivity index (χ2n) is 5.44. The first-order chi connectivity index (χ1) is 11.8. The lowest BCUT2D eigenvalue weighted by Gasteiger charge is -2.28. The molecule has 122 valence electrons. The van der Waals surface area contributed by atoms with Crippen molar-refractivity contribution >= 4 is 17.6 Å². The third kappa shape index (κ3) is 4.37. The Kier molecular flexibility index (Phi) is 5.49. The summed E-state index contributed by atoms with van der Waals surface area (Å²) in [5.74, 6) is 3.21. The first-order valence-corrected chi connectivity index (χ1v) is 7.98. The van der Waals surface area contributed by atoms with Crippen molar-refractivity contribution < 1.29 is 9.47 Å². The zero-order valence-corrected chi connectivity index (χ0v) is 13.5. The normalized spacial score (nSPS) is 14.5. The minimum atomic E-state index is 0.281. The number of terminal acetylenes is 1. The Bertz CT molecular complexity index is 709. The van der Waals surface area contributed by atoms with Gasteiger partial charge in [-0.05, 0) is 54.1 Å². The maximum absolute atomic E-state index is 5.38. The zero-order valence-electron chi connectivity index (χ0n) is 13.5. The van der Waals surface area contributed by atoms with E-state index in [1.165, 1.54) is 5.69 Å². The number of benzene rings is 2. The molecule has 0 atom stereocenters. The second-order valence-corrected chi connectivity index (χ2v) is 5.44. The predicted molar refractivity (Wildman–Crippen MR) is 97.5 cm³/mol. The van der Waals surface area contributed by atoms with E-state index in [9.17, 15) is 0 Å². The van der Waals surface area contributed by atoms with Crippen LogP contribution in [0.15, 0.2) is 53.5 Å². The van der Waals surface area contributed by atoms with Gasteiger partial charge in [-0.25, -0.2) is 0 Å². The van der Waals surface area contributed by atoms with Gasteiger partial charge in [-0.15, -0.1) is 6.42 Å². The molecule has 1 aliphatic rings. The number of aliphatic imine (C=N–C) groups is 1. The average Bonchev–Trinajstić information content (AvgIpc) is 2.67. The molecule has 0 aliphatic carbocycles. The fraction of sp³-hybridized carbons (Fsp3) is 0.250. The molecule has 1 saturated heterocycles. The van der Waals surface area contributed by atoms with Gasteiger partial charge in [0.25, 0.3) is 0 Å². The number of hydrogen-bond donors (Lipinski definition) is 0. The van der Waals surface area contributed by atoms with Crippen LogP contribution in [0.5, 0.6) is 5.75 Å². The van der Waals surface area contributed by atoms with Crippen LogP contribution in [-0.2, 0) is 4.74 Å². The Labute approximate surface area is 142 Å². The van der Waals surface area contributed by atoms with Gasteiger partial charge < -0.3 is 14.4 Å². The van der Waals surface area contributed by atoms with Gasteiger partial charge >= 0.3 is 0 Å². The molecule has 0 bridgehead atoms. The van der Waals surface area contributed by atoms with Crippen molar-refractivity contribution in [2.24, 2.45) is 4.99 Å². The summed E-state index contributed by atoms with van der Waals surface area (Å²) in [6.07, 6.45) is 7.01. The Balaban J connectivity index is 1.60. The van der Waals surface area contributed by atoms with Crippen LogP contribution in [0.1, 0.15) is 5.56 Å². The predicted octanol–water partition coefficient (Wildman–Crippen LogP) is 3.29. The van der Waals surface area contributed by atoms with Gasteiger partial charge in [0.1, 0.15) is 12.4 Å². The minimum Gasteiger partial charge on any atom is -0.481 e. The summed E-state index contributed by atoms with van der Waals surface area (Å²) in [4.78, 5) is 6.84. The molecule has 2 aromatic carbocycles. The van der Waals surface area contributed by atoms with E-state index >= 15 is 0 Å². The van der Waals surface area contributed by atoms with Crippen LogP contribution in [0.25, 0.3) is 0 Å². The molecule has 4 nitrogen and oxygen atoms in total. The lowest BCUT2D eigenvalue weighted by atomic mass is 10.2. The molecule has 0 amide bonds. The SMILES string of the molecule is C#CCOc1ccc(C=Nc2ccc(N3CCOCC3)cc2)cc1. The number of anilines is 1. The Morgan fingerprint density at radius 2 is 1.79 bits per heavy atom. The van der Waals surface area contributed by atoms with Crippen molar-refractivity contribution in [1.82, 2.24) is 0 Å². The van der Waals surface area contributed by atoms with Crippen LogP contribution < -0.4 is 9.64 Å². The van der Waals surface area contributed by atoms with E-state index in [1.807, 2.05) is 42.6 Å². The lowest BCUT2D eigenvalue weighted by Crippen LogP contribution is -2.36. The maximum Gasteiger partial charge on any atom is 0.148 e. The van der Waals surface area contributed by atoms with E-state index in [-0.39, 0.29) is 6.61 Å². The van der Waals surface area contributed by atoms with Gasteiger partial charge in [0, 0.05) is 25.0 Å². The van der Waals surface area contributed by atoms with E-state index in [2.05, 4.69) is 27.9 Å². The van der Waals surface area contributed by atoms with Gasteiger partial charge in [0.15, 0.2) is 0 Å². The number of ether oxygens (including phenoxy) is 2. The van der Waals surface area contributed by atoms with Crippen LogP contribution in [0.3, 0.4) is 0 Å². The van der Waals surface area contributed by atoms with Gasteiger partial charge in [-0.3, -0.25) is 4.99 Å². The Morgan fingerprint density at radius 3 is 2.46 bits per heavy atom. The van der Waals surface area contributed by atoms with E-state index in [1.54, 1.807) is 0 Å². The summed E-state index contributed by atoms with van der Waals surface area (Å²) >= 11 is 0. The molecule has 0 saturated carbocycles. The summed E-state index contributed by atoms with van der Waals surface area (Å²) in [6.45, 7) is 3.75. The molecular weight excluding hydrogens is 300 g/mol. The van der Waals surface area contributed by atoms with Crippen molar-refractivity contribution in [2.75, 3.05) is 37.8 Å². The molecule has 1 fully saturated rings. The van der Waals surface area contributed by atoms with E-state index in [0.717, 1.165) is 43.3 Å². The molecule has 24 heavy (non-hydrogen) atoms. The first kappa shape index (κ1) is 16.1. The van der Waals surface area contributed by atoms with E-state index in [0.29, 0.717) is 0 Å². The van der Waals surface area contributed by atoms with Crippen LogP contribution in [0.4, 0.5) is 11.4 Å². The lowest BCUT2D eigenvalue weighted by molar-refractivity contribution is 0.122. The molecule has 0 radical (unpaired) electrons. The maximum atomic E-state index is 5.38. The molecule has 1 heterocycles. The topological polar surface area (TPSA) is 34.1 Å². The minimum absolute atomic E-state index is 0.281. The van der Waals surface area contributed by atoms with Crippen LogP contribution in [0, 0.1) is 12.3 Å². The van der Waals surface area contributed by atoms with Crippen LogP contribution >= 0.6 is 0 Å². The van der Waals surface area contributed by atoms with Crippen molar-refractivity contribution in [3.05, 3.63) is 54.1 Å². The monoisotopic (exact) mass is 320 g/mol. The van der Waals surface area contributed by atoms with Crippen molar-refractivity contribution in [1.29, 1.82) is 0 Å². The molecule has 0 unspecified atom stereocenters. The molecule has 4 heteroatoms. The fourth-order valence-electron chi connectivity index (χ4n) is 2.50. The van der Waals surface area contributed by atoms with Gasteiger partial charge in [-0.1, -0.05) is 5.92 Å². The van der Waals surface area contributed by atoms with Crippen molar-refractivity contribution in [3.63, 3.8) is 0 Å². The van der Waals surface area contributed by atoms with E-state index < -0.39 is 0 Å². The molecular formula is C20H20N2O2. The van der Waals surface area contributed by atoms with Gasteiger partial charge in [0.2, 0.25) is 0 Å². The third-order valence-corrected chi connectivity index (χ3v) is 3.79. The largest absolute Gasteiger partial charge is 0.481 e. The summed E-state index contributed by atoms with van der Waals surface area (Å²) in [7, 11) is 0. The van der Waals surface area contributed by atoms with Crippen molar-refractivity contribution in [3.8, 4) is 18.1 Å². The second kappa shape index (κ2) is 8.19. The van der Waals surface area contributed by atoms with Gasteiger partial charge in [-0.2, -0.15) is 0 Å². The smallest absolute Gasteiger partial charge is 0.148 e. The average molecular weight is 320 g/mol. The molecule has 1 aliphatic heterocycles. The Morgan fingerprint density at radius 1 is 1.08 bits per heavy atom. The highest BCUT2D eigenvalue weighted by molar-refractivity contribution is 5.82. The highest BCUT2D eigenvalue weighted by Crippen LogP contribution is 2.21. The number of rotatable bonds is 5. The number of nitrogens with zero attached hydrogens (tertiary/aromatic N) is 2. The molecule has 2 aromatic rings. The van der Waals surface area contributed by atoms with E-state index in [4.69, 9.17) is 15.9 Å². The number of hydrogen-bond acceptors (Lipinski definition) is 4.